The zero-order valence-corrected chi connectivity index (χ0v) is 12.9. The van der Waals surface area contributed by atoms with Crippen LogP contribution in [0.5, 0.6) is 0 Å². The van der Waals surface area contributed by atoms with Crippen LogP contribution in [-0.4, -0.2) is 23.8 Å². The minimum absolute atomic E-state index is 0.1000. The molecule has 3 heteroatoms. The van der Waals surface area contributed by atoms with Crippen LogP contribution in [0.4, 0.5) is 0 Å². The summed E-state index contributed by atoms with van der Waals surface area (Å²) in [5, 5.41) is 10.2. The van der Waals surface area contributed by atoms with Gasteiger partial charge in [-0.1, -0.05) is 37.3 Å². The van der Waals surface area contributed by atoms with Gasteiger partial charge in [0.25, 0.3) is 0 Å². The van der Waals surface area contributed by atoms with Crippen LogP contribution in [0.25, 0.3) is 0 Å². The van der Waals surface area contributed by atoms with Crippen LogP contribution in [0, 0.1) is 11.3 Å². The van der Waals surface area contributed by atoms with Crippen LogP contribution < -0.4 is 0 Å². The van der Waals surface area contributed by atoms with Gasteiger partial charge in [0, 0.05) is 0 Å². The van der Waals surface area contributed by atoms with Crippen molar-refractivity contribution in [3.63, 3.8) is 0 Å². The molecule has 2 atom stereocenters. The van der Waals surface area contributed by atoms with Crippen LogP contribution in [0.15, 0.2) is 30.3 Å². The third-order valence-corrected chi connectivity index (χ3v) is 3.36. The highest BCUT2D eigenvalue weighted by Crippen LogP contribution is 2.17. The average Bonchev–Trinajstić information content (AvgIpc) is 2.38. The number of esters is 1. The molecule has 0 bridgehead atoms. The molecule has 1 aromatic rings. The van der Waals surface area contributed by atoms with E-state index < -0.39 is 11.5 Å². The van der Waals surface area contributed by atoms with Crippen molar-refractivity contribution < 1.29 is 14.6 Å². The molecule has 0 saturated heterocycles. The lowest BCUT2D eigenvalue weighted by molar-refractivity contribution is -0.153. The molecule has 1 aromatic carbocycles. The molecule has 0 radical (unpaired) electrons. The molecule has 1 unspecified atom stereocenters. The van der Waals surface area contributed by atoms with Gasteiger partial charge >= 0.3 is 5.97 Å². The van der Waals surface area contributed by atoms with Gasteiger partial charge in [0.2, 0.25) is 0 Å². The lowest BCUT2D eigenvalue weighted by atomic mass is 9.95. The van der Waals surface area contributed by atoms with Gasteiger partial charge in [-0.05, 0) is 45.1 Å². The number of ether oxygens (including phenoxy) is 1. The zero-order chi connectivity index (χ0) is 15.2. The van der Waals surface area contributed by atoms with Crippen molar-refractivity contribution in [3.05, 3.63) is 35.9 Å². The van der Waals surface area contributed by atoms with E-state index in [1.165, 1.54) is 0 Å². The Hall–Kier alpha value is -1.35. The molecular weight excluding hydrogens is 252 g/mol. The molecule has 3 nitrogen and oxygen atoms in total. The van der Waals surface area contributed by atoms with E-state index in [0.717, 1.165) is 5.56 Å². The number of rotatable bonds is 6. The SMILES string of the molecule is C[C@@H](CCOC(=O)C(C)(C)C)C(O)Cc1ccccc1. The lowest BCUT2D eigenvalue weighted by Gasteiger charge is -2.21. The van der Waals surface area contributed by atoms with Crippen LogP contribution in [0.2, 0.25) is 0 Å². The van der Waals surface area contributed by atoms with E-state index in [1.807, 2.05) is 58.0 Å². The maximum atomic E-state index is 11.6. The fourth-order valence-corrected chi connectivity index (χ4v) is 1.80. The Balaban J connectivity index is 2.32. The molecule has 112 valence electrons. The number of hydrogen-bond acceptors (Lipinski definition) is 3. The summed E-state index contributed by atoms with van der Waals surface area (Å²) in [5.41, 5.74) is 0.657. The Bertz CT molecular complexity index is 406. The number of carbonyl (C=O) groups is 1. The standard InChI is InChI=1S/C17H26O3/c1-13(10-11-20-16(19)17(2,3)4)15(18)12-14-8-6-5-7-9-14/h5-9,13,15,18H,10-12H2,1-4H3/t13-,15?/m0/s1. The molecule has 0 heterocycles. The van der Waals surface area contributed by atoms with Crippen molar-refractivity contribution in [3.8, 4) is 0 Å². The van der Waals surface area contributed by atoms with Crippen molar-refractivity contribution >= 4 is 5.97 Å². The summed E-state index contributed by atoms with van der Waals surface area (Å²) >= 11 is 0. The van der Waals surface area contributed by atoms with Gasteiger partial charge < -0.3 is 9.84 Å². The van der Waals surface area contributed by atoms with Gasteiger partial charge in [0.05, 0.1) is 18.1 Å². The molecule has 0 spiro atoms. The first-order valence-corrected chi connectivity index (χ1v) is 7.20. The van der Waals surface area contributed by atoms with Crippen molar-refractivity contribution in [1.82, 2.24) is 0 Å². The highest BCUT2D eigenvalue weighted by atomic mass is 16.5. The maximum Gasteiger partial charge on any atom is 0.311 e. The van der Waals surface area contributed by atoms with Gasteiger partial charge in [-0.15, -0.1) is 0 Å². The molecule has 0 saturated carbocycles. The van der Waals surface area contributed by atoms with E-state index in [0.29, 0.717) is 19.4 Å². The Morgan fingerprint density at radius 3 is 2.40 bits per heavy atom. The third kappa shape index (κ3) is 5.74. The summed E-state index contributed by atoms with van der Waals surface area (Å²) < 4.78 is 5.23. The largest absolute Gasteiger partial charge is 0.465 e. The summed E-state index contributed by atoms with van der Waals surface area (Å²) in [7, 11) is 0. The average molecular weight is 278 g/mol. The lowest BCUT2D eigenvalue weighted by Crippen LogP contribution is -2.26. The van der Waals surface area contributed by atoms with Gasteiger partial charge in [-0.25, -0.2) is 0 Å². The molecule has 0 fully saturated rings. The third-order valence-electron chi connectivity index (χ3n) is 3.36. The fourth-order valence-electron chi connectivity index (χ4n) is 1.80. The van der Waals surface area contributed by atoms with Crippen molar-refractivity contribution in [2.24, 2.45) is 11.3 Å². The Morgan fingerprint density at radius 1 is 1.25 bits per heavy atom. The highest BCUT2D eigenvalue weighted by Gasteiger charge is 2.23. The first kappa shape index (κ1) is 16.7. The Morgan fingerprint density at radius 2 is 1.85 bits per heavy atom. The van der Waals surface area contributed by atoms with E-state index in [2.05, 4.69) is 0 Å². The number of hydrogen-bond donors (Lipinski definition) is 1. The summed E-state index contributed by atoms with van der Waals surface area (Å²) in [5.74, 6) is -0.0924. The molecule has 0 amide bonds. The van der Waals surface area contributed by atoms with Crippen LogP contribution in [0.3, 0.4) is 0 Å². The molecule has 0 aromatic heterocycles. The summed E-state index contributed by atoms with van der Waals surface area (Å²) in [6.45, 7) is 7.86. The summed E-state index contributed by atoms with van der Waals surface area (Å²) in [6, 6.07) is 9.92. The molecule has 0 aliphatic rings. The second-order valence-corrected chi connectivity index (χ2v) is 6.41. The molecule has 1 N–H and O–H groups in total. The number of carbonyl (C=O) groups excluding carboxylic acids is 1. The van der Waals surface area contributed by atoms with Crippen molar-refractivity contribution in [2.75, 3.05) is 6.61 Å². The molecule has 20 heavy (non-hydrogen) atoms. The monoisotopic (exact) mass is 278 g/mol. The van der Waals surface area contributed by atoms with E-state index in [-0.39, 0.29) is 11.9 Å². The van der Waals surface area contributed by atoms with Crippen LogP contribution in [-0.2, 0) is 16.0 Å². The van der Waals surface area contributed by atoms with Gasteiger partial charge in [-0.2, -0.15) is 0 Å². The first-order chi connectivity index (χ1) is 9.30. The molecule has 0 aliphatic heterocycles. The predicted molar refractivity (Wildman–Crippen MR) is 80.3 cm³/mol. The van der Waals surface area contributed by atoms with E-state index in [9.17, 15) is 9.90 Å². The summed E-state index contributed by atoms with van der Waals surface area (Å²) in [6.07, 6.45) is 0.899. The van der Waals surface area contributed by atoms with Crippen molar-refractivity contribution in [1.29, 1.82) is 0 Å². The second kappa shape index (κ2) is 7.44. The predicted octanol–water partition coefficient (Wildman–Crippen LogP) is 3.21. The second-order valence-electron chi connectivity index (χ2n) is 6.41. The van der Waals surface area contributed by atoms with Crippen LogP contribution >= 0.6 is 0 Å². The van der Waals surface area contributed by atoms with Crippen LogP contribution in [0.1, 0.15) is 39.7 Å². The van der Waals surface area contributed by atoms with Gasteiger partial charge in [0.15, 0.2) is 0 Å². The zero-order valence-electron chi connectivity index (χ0n) is 12.9. The minimum atomic E-state index is -0.466. The van der Waals surface area contributed by atoms with Gasteiger partial charge in [-0.3, -0.25) is 4.79 Å². The highest BCUT2D eigenvalue weighted by molar-refractivity contribution is 5.75. The maximum absolute atomic E-state index is 11.6. The molecule has 0 aliphatic carbocycles. The topological polar surface area (TPSA) is 46.5 Å². The smallest absolute Gasteiger partial charge is 0.311 e. The Kier molecular flexibility index (Phi) is 6.21. The Labute approximate surface area is 122 Å². The fraction of sp³-hybridized carbons (Fsp3) is 0.588. The van der Waals surface area contributed by atoms with E-state index in [4.69, 9.17) is 4.74 Å². The number of benzene rings is 1. The summed E-state index contributed by atoms with van der Waals surface area (Å²) in [4.78, 5) is 11.6. The molecular formula is C17H26O3. The van der Waals surface area contributed by atoms with Gasteiger partial charge in [0.1, 0.15) is 0 Å². The quantitative estimate of drug-likeness (QED) is 0.813. The first-order valence-electron chi connectivity index (χ1n) is 7.20. The minimum Gasteiger partial charge on any atom is -0.465 e. The number of aliphatic hydroxyl groups is 1. The van der Waals surface area contributed by atoms with Crippen molar-refractivity contribution in [2.45, 2.75) is 46.6 Å². The number of aliphatic hydroxyl groups excluding tert-OH is 1. The van der Waals surface area contributed by atoms with E-state index >= 15 is 0 Å². The van der Waals surface area contributed by atoms with E-state index in [1.54, 1.807) is 0 Å². The molecule has 1 rings (SSSR count). The normalized spacial score (nSPS) is 14.7.